The van der Waals surface area contributed by atoms with E-state index < -0.39 is 0 Å². The van der Waals surface area contributed by atoms with Crippen molar-refractivity contribution in [3.63, 3.8) is 0 Å². The summed E-state index contributed by atoms with van der Waals surface area (Å²) in [6.45, 7) is 10.8. The average Bonchev–Trinajstić information content (AvgIpc) is 3.00. The fourth-order valence-corrected chi connectivity index (χ4v) is 7.86. The van der Waals surface area contributed by atoms with Crippen LogP contribution in [-0.2, 0) is 9.59 Å². The minimum Gasteiger partial charge on any atom is -0.353 e. The normalized spacial score (nSPS) is 46.1. The van der Waals surface area contributed by atoms with Gasteiger partial charge in [-0.3, -0.25) is 9.59 Å². The number of rotatable bonds is 3. The predicted molar refractivity (Wildman–Crippen MR) is 107 cm³/mol. The monoisotopic (exact) mass is 374 g/mol. The Labute approximate surface area is 164 Å². The van der Waals surface area contributed by atoms with Crippen LogP contribution >= 0.6 is 0 Å². The maximum atomic E-state index is 13.2. The first kappa shape index (κ1) is 19.3. The molecule has 4 nitrogen and oxygen atoms in total. The lowest BCUT2D eigenvalue weighted by Crippen LogP contribution is -2.61. The van der Waals surface area contributed by atoms with Crippen molar-refractivity contribution in [2.75, 3.05) is 13.1 Å². The molecule has 152 valence electrons. The van der Waals surface area contributed by atoms with E-state index in [1.54, 1.807) is 0 Å². The van der Waals surface area contributed by atoms with Crippen LogP contribution in [-0.4, -0.2) is 35.8 Å². The van der Waals surface area contributed by atoms with Crippen molar-refractivity contribution >= 4 is 11.8 Å². The quantitative estimate of drug-likeness (QED) is 0.812. The summed E-state index contributed by atoms with van der Waals surface area (Å²) < 4.78 is 0. The van der Waals surface area contributed by atoms with Gasteiger partial charge in [0.1, 0.15) is 0 Å². The van der Waals surface area contributed by atoms with Crippen molar-refractivity contribution in [2.45, 2.75) is 85.1 Å². The number of amides is 2. The van der Waals surface area contributed by atoms with Crippen LogP contribution in [0.15, 0.2) is 0 Å². The Morgan fingerprint density at radius 2 is 1.70 bits per heavy atom. The number of hydrogen-bond acceptors (Lipinski definition) is 2. The van der Waals surface area contributed by atoms with E-state index in [2.05, 4.69) is 37.9 Å². The number of carbonyl (C=O) groups excluding carboxylic acids is 2. The third-order valence-electron chi connectivity index (χ3n) is 9.47. The molecule has 4 fully saturated rings. The van der Waals surface area contributed by atoms with E-state index in [0.29, 0.717) is 24.3 Å². The zero-order chi connectivity index (χ0) is 19.4. The van der Waals surface area contributed by atoms with Crippen molar-refractivity contribution in [1.29, 1.82) is 0 Å². The highest BCUT2D eigenvalue weighted by Gasteiger charge is 2.61. The highest BCUT2D eigenvalue weighted by atomic mass is 16.2. The third-order valence-corrected chi connectivity index (χ3v) is 9.47. The molecule has 2 amide bonds. The lowest BCUT2D eigenvalue weighted by molar-refractivity contribution is -0.147. The Bertz CT molecular complexity index is 615. The molecule has 0 radical (unpaired) electrons. The predicted octanol–water partition coefficient (Wildman–Crippen LogP) is 3.99. The minimum atomic E-state index is 0.182. The van der Waals surface area contributed by atoms with Crippen LogP contribution in [0.5, 0.6) is 0 Å². The summed E-state index contributed by atoms with van der Waals surface area (Å²) in [4.78, 5) is 27.2. The molecule has 7 atom stereocenters. The van der Waals surface area contributed by atoms with Crippen molar-refractivity contribution in [2.24, 2.45) is 34.5 Å². The first-order valence-corrected chi connectivity index (χ1v) is 11.4. The first-order valence-electron chi connectivity index (χ1n) is 11.4. The third kappa shape index (κ3) is 2.76. The number of fused-ring (bicyclic) bond motifs is 5. The summed E-state index contributed by atoms with van der Waals surface area (Å²) in [6.07, 6.45) is 8.84. The highest BCUT2D eigenvalue weighted by Crippen LogP contribution is 2.65. The van der Waals surface area contributed by atoms with Crippen molar-refractivity contribution in [3.8, 4) is 0 Å². The van der Waals surface area contributed by atoms with Crippen LogP contribution in [0.1, 0.15) is 79.1 Å². The summed E-state index contributed by atoms with van der Waals surface area (Å²) in [6, 6.07) is 0.374. The number of carbonyl (C=O) groups is 2. The molecule has 4 aliphatic rings. The van der Waals surface area contributed by atoms with E-state index >= 15 is 0 Å². The smallest absolute Gasteiger partial charge is 0.226 e. The lowest BCUT2D eigenvalue weighted by Gasteiger charge is -2.60. The molecule has 0 bridgehead atoms. The standard InChI is InChI=1S/C23H38N2O2/c1-5-25(6-2)21(27)18-9-8-16-15-7-10-19-23(4,14-12-20(26)24-19)17(15)11-13-22(16,18)3/h15-19H,5-14H2,1-4H3,(H,24,26)/t15-,16-,17-,18?,19?,22-,23+/m0/s1. The molecule has 0 aromatic rings. The van der Waals surface area contributed by atoms with Gasteiger partial charge in [-0.25, -0.2) is 0 Å². The molecule has 2 unspecified atom stereocenters. The van der Waals surface area contributed by atoms with Crippen molar-refractivity contribution in [1.82, 2.24) is 10.2 Å². The Balaban J connectivity index is 1.57. The van der Waals surface area contributed by atoms with E-state index in [1.165, 1.54) is 25.7 Å². The molecule has 0 aromatic heterocycles. The van der Waals surface area contributed by atoms with Crippen LogP contribution in [0.3, 0.4) is 0 Å². The van der Waals surface area contributed by atoms with E-state index in [1.807, 2.05) is 0 Å². The molecule has 1 aliphatic heterocycles. The molecule has 0 aromatic carbocycles. The van der Waals surface area contributed by atoms with Crippen LogP contribution in [0.25, 0.3) is 0 Å². The molecule has 1 heterocycles. The number of piperidine rings is 1. The molecule has 3 saturated carbocycles. The molecule has 27 heavy (non-hydrogen) atoms. The Morgan fingerprint density at radius 1 is 1.00 bits per heavy atom. The van der Waals surface area contributed by atoms with Gasteiger partial charge >= 0.3 is 0 Å². The van der Waals surface area contributed by atoms with Crippen LogP contribution in [0, 0.1) is 34.5 Å². The molecule has 1 saturated heterocycles. The summed E-state index contributed by atoms with van der Waals surface area (Å²) in [5.41, 5.74) is 0.446. The second-order valence-electron chi connectivity index (χ2n) is 10.3. The molecular weight excluding hydrogens is 336 g/mol. The van der Waals surface area contributed by atoms with Crippen molar-refractivity contribution in [3.05, 3.63) is 0 Å². The highest BCUT2D eigenvalue weighted by molar-refractivity contribution is 5.80. The molecule has 1 N–H and O–H groups in total. The second kappa shape index (κ2) is 6.77. The summed E-state index contributed by atoms with van der Waals surface area (Å²) in [5.74, 6) is 3.04. The van der Waals surface area contributed by atoms with E-state index in [4.69, 9.17) is 0 Å². The number of nitrogens with one attached hydrogen (secondary N) is 1. The van der Waals surface area contributed by atoms with Gasteiger partial charge in [0.2, 0.25) is 11.8 Å². The average molecular weight is 375 g/mol. The van der Waals surface area contributed by atoms with Gasteiger partial charge in [-0.2, -0.15) is 0 Å². The van der Waals surface area contributed by atoms with Crippen molar-refractivity contribution < 1.29 is 9.59 Å². The fourth-order valence-electron chi connectivity index (χ4n) is 7.86. The first-order chi connectivity index (χ1) is 12.8. The van der Waals surface area contributed by atoms with E-state index in [0.717, 1.165) is 44.2 Å². The van der Waals surface area contributed by atoms with Crippen LogP contribution in [0.4, 0.5) is 0 Å². The van der Waals surface area contributed by atoms with Gasteiger partial charge in [-0.1, -0.05) is 13.8 Å². The zero-order valence-corrected chi connectivity index (χ0v) is 17.7. The molecule has 0 spiro atoms. The molecular formula is C23H38N2O2. The Morgan fingerprint density at radius 3 is 2.41 bits per heavy atom. The van der Waals surface area contributed by atoms with Gasteiger partial charge < -0.3 is 10.2 Å². The van der Waals surface area contributed by atoms with Crippen LogP contribution in [0.2, 0.25) is 0 Å². The van der Waals surface area contributed by atoms with E-state index in [9.17, 15) is 9.59 Å². The maximum absolute atomic E-state index is 13.2. The van der Waals surface area contributed by atoms with Gasteiger partial charge in [0.15, 0.2) is 0 Å². The molecule has 4 heteroatoms. The second-order valence-corrected chi connectivity index (χ2v) is 10.3. The van der Waals surface area contributed by atoms with Gasteiger partial charge in [-0.15, -0.1) is 0 Å². The largest absolute Gasteiger partial charge is 0.353 e. The van der Waals surface area contributed by atoms with Gasteiger partial charge in [0, 0.05) is 31.5 Å². The zero-order valence-electron chi connectivity index (χ0n) is 17.7. The fraction of sp³-hybridized carbons (Fsp3) is 0.913. The topological polar surface area (TPSA) is 49.4 Å². The van der Waals surface area contributed by atoms with Crippen LogP contribution < -0.4 is 5.32 Å². The van der Waals surface area contributed by atoms with Gasteiger partial charge in [0.25, 0.3) is 0 Å². The lowest BCUT2D eigenvalue weighted by atomic mass is 9.47. The SMILES string of the molecule is CCN(CC)C(=O)C1CC[C@H]2[C@@H]3CCC4NC(=O)CC[C@]4(C)[C@H]3CC[C@]12C. The summed E-state index contributed by atoms with van der Waals surface area (Å²) in [7, 11) is 0. The number of hydrogen-bond donors (Lipinski definition) is 1. The van der Waals surface area contributed by atoms with E-state index in [-0.39, 0.29) is 22.7 Å². The maximum Gasteiger partial charge on any atom is 0.226 e. The summed E-state index contributed by atoms with van der Waals surface area (Å²) >= 11 is 0. The minimum absolute atomic E-state index is 0.182. The van der Waals surface area contributed by atoms with Gasteiger partial charge in [0.05, 0.1) is 0 Å². The summed E-state index contributed by atoms with van der Waals surface area (Å²) in [5, 5.41) is 3.32. The number of nitrogens with zero attached hydrogens (tertiary/aromatic N) is 1. The van der Waals surface area contributed by atoms with Gasteiger partial charge in [-0.05, 0) is 87.4 Å². The molecule has 4 rings (SSSR count). The Hall–Kier alpha value is -1.06. The molecule has 3 aliphatic carbocycles. The Kier molecular flexibility index (Phi) is 4.83.